The first-order valence-electron chi connectivity index (χ1n) is 9.44. The molecule has 2 atom stereocenters. The van der Waals surface area contributed by atoms with Crippen molar-refractivity contribution in [2.45, 2.75) is 57.8 Å². The van der Waals surface area contributed by atoms with E-state index in [-0.39, 0.29) is 29.1 Å². The molecular formula is C19H31N3O4S. The molecule has 2 amide bonds. The molecule has 27 heavy (non-hydrogen) atoms. The Morgan fingerprint density at radius 2 is 1.89 bits per heavy atom. The van der Waals surface area contributed by atoms with Crippen LogP contribution in [0.15, 0.2) is 29.2 Å². The maximum Gasteiger partial charge on any atom is 0.317 e. The summed E-state index contributed by atoms with van der Waals surface area (Å²) in [5.74, 6) is 0.240. The van der Waals surface area contributed by atoms with Gasteiger partial charge in [-0.05, 0) is 43.9 Å². The van der Waals surface area contributed by atoms with Gasteiger partial charge >= 0.3 is 6.03 Å². The molecule has 0 spiro atoms. The molecule has 2 rings (SSSR count). The van der Waals surface area contributed by atoms with E-state index in [1.54, 1.807) is 29.2 Å². The van der Waals surface area contributed by atoms with Crippen molar-refractivity contribution < 1.29 is 17.9 Å². The van der Waals surface area contributed by atoms with E-state index in [1.165, 1.54) is 0 Å². The molecule has 1 aliphatic rings. The monoisotopic (exact) mass is 397 g/mol. The molecule has 152 valence electrons. The van der Waals surface area contributed by atoms with Gasteiger partial charge in [0.1, 0.15) is 0 Å². The highest BCUT2D eigenvalue weighted by atomic mass is 32.2. The van der Waals surface area contributed by atoms with Crippen molar-refractivity contribution in [1.82, 2.24) is 14.9 Å². The Bertz CT molecular complexity index is 719. The first-order chi connectivity index (χ1) is 12.7. The Kier molecular flexibility index (Phi) is 7.64. The number of benzene rings is 1. The molecule has 2 N–H and O–H groups in total. The van der Waals surface area contributed by atoms with Gasteiger partial charge in [0.15, 0.2) is 0 Å². The lowest BCUT2D eigenvalue weighted by Gasteiger charge is -2.22. The van der Waals surface area contributed by atoms with Crippen LogP contribution in [-0.4, -0.2) is 51.2 Å². The van der Waals surface area contributed by atoms with Crippen LogP contribution in [0, 0.1) is 5.92 Å². The quantitative estimate of drug-likeness (QED) is 0.771. The number of hydrogen-bond acceptors (Lipinski definition) is 4. The van der Waals surface area contributed by atoms with Crippen molar-refractivity contribution in [1.29, 1.82) is 0 Å². The van der Waals surface area contributed by atoms with Gasteiger partial charge in [-0.1, -0.05) is 26.0 Å². The second-order valence-electron chi connectivity index (χ2n) is 7.54. The van der Waals surface area contributed by atoms with E-state index in [1.807, 2.05) is 27.7 Å². The predicted octanol–water partition coefficient (Wildman–Crippen LogP) is 2.33. The van der Waals surface area contributed by atoms with Crippen molar-refractivity contribution in [3.05, 3.63) is 29.8 Å². The van der Waals surface area contributed by atoms with Crippen LogP contribution >= 0.6 is 0 Å². The van der Waals surface area contributed by atoms with E-state index in [9.17, 15) is 13.2 Å². The zero-order chi connectivity index (χ0) is 20.0. The van der Waals surface area contributed by atoms with E-state index in [4.69, 9.17) is 4.74 Å². The minimum absolute atomic E-state index is 0.0103. The van der Waals surface area contributed by atoms with Crippen LogP contribution in [0.1, 0.15) is 39.7 Å². The summed E-state index contributed by atoms with van der Waals surface area (Å²) in [5, 5.41) is 2.90. The van der Waals surface area contributed by atoms with E-state index in [0.717, 1.165) is 12.0 Å². The molecule has 1 heterocycles. The van der Waals surface area contributed by atoms with Gasteiger partial charge in [-0.15, -0.1) is 0 Å². The molecule has 1 aliphatic heterocycles. The van der Waals surface area contributed by atoms with Gasteiger partial charge in [0.2, 0.25) is 10.0 Å². The van der Waals surface area contributed by atoms with Crippen molar-refractivity contribution in [2.24, 2.45) is 5.92 Å². The van der Waals surface area contributed by atoms with Gasteiger partial charge < -0.3 is 15.0 Å². The molecule has 7 nitrogen and oxygen atoms in total. The molecule has 0 bridgehead atoms. The Morgan fingerprint density at radius 1 is 1.22 bits per heavy atom. The second kappa shape index (κ2) is 9.52. The van der Waals surface area contributed by atoms with Crippen LogP contribution in [-0.2, 0) is 21.3 Å². The standard InChI is InChI=1S/C19H31N3O4S/c1-14(2)11-21-27(24,25)18-7-5-17(6-8-18)12-20-19(23)22-10-9-15(3)26-16(4)13-22/h5-8,14-16,21H,9-13H2,1-4H3,(H,20,23)/t15-,16+/m1/s1. The third-order valence-electron chi connectivity index (χ3n) is 4.39. The van der Waals surface area contributed by atoms with E-state index in [0.29, 0.717) is 26.2 Å². The first-order valence-corrected chi connectivity index (χ1v) is 10.9. The summed E-state index contributed by atoms with van der Waals surface area (Å²) in [6, 6.07) is 6.44. The Balaban J connectivity index is 1.90. The first kappa shape index (κ1) is 21.7. The lowest BCUT2D eigenvalue weighted by atomic mass is 10.2. The minimum atomic E-state index is -3.50. The fourth-order valence-electron chi connectivity index (χ4n) is 2.87. The zero-order valence-electron chi connectivity index (χ0n) is 16.6. The lowest BCUT2D eigenvalue weighted by Crippen LogP contribution is -2.42. The van der Waals surface area contributed by atoms with Crippen molar-refractivity contribution in [2.75, 3.05) is 19.6 Å². The third kappa shape index (κ3) is 6.79. The summed E-state index contributed by atoms with van der Waals surface area (Å²) in [5.41, 5.74) is 0.846. The number of sulfonamides is 1. The molecule has 8 heteroatoms. The Labute approximate surface area is 162 Å². The smallest absolute Gasteiger partial charge is 0.317 e. The topological polar surface area (TPSA) is 87.7 Å². The summed E-state index contributed by atoms with van der Waals surface area (Å²) in [4.78, 5) is 14.4. The van der Waals surface area contributed by atoms with Gasteiger partial charge in [-0.2, -0.15) is 0 Å². The average molecular weight is 398 g/mol. The second-order valence-corrected chi connectivity index (χ2v) is 9.31. The average Bonchev–Trinajstić information content (AvgIpc) is 2.78. The van der Waals surface area contributed by atoms with Crippen molar-refractivity contribution in [3.63, 3.8) is 0 Å². The maximum atomic E-state index is 12.4. The van der Waals surface area contributed by atoms with Crippen LogP contribution in [0.5, 0.6) is 0 Å². The number of ether oxygens (including phenoxy) is 1. The number of rotatable bonds is 6. The van der Waals surface area contributed by atoms with Crippen LogP contribution in [0.3, 0.4) is 0 Å². The minimum Gasteiger partial charge on any atom is -0.374 e. The summed E-state index contributed by atoms with van der Waals surface area (Å²) in [6.45, 7) is 9.86. The fraction of sp³-hybridized carbons (Fsp3) is 0.632. The summed E-state index contributed by atoms with van der Waals surface area (Å²) in [7, 11) is -3.50. The summed E-state index contributed by atoms with van der Waals surface area (Å²) in [6.07, 6.45) is 0.973. The number of amides is 2. The molecule has 1 saturated heterocycles. The summed E-state index contributed by atoms with van der Waals surface area (Å²) < 4.78 is 32.8. The summed E-state index contributed by atoms with van der Waals surface area (Å²) >= 11 is 0. The molecular weight excluding hydrogens is 366 g/mol. The van der Waals surface area contributed by atoms with Crippen LogP contribution < -0.4 is 10.0 Å². The molecule has 0 unspecified atom stereocenters. The number of carbonyl (C=O) groups excluding carboxylic acids is 1. The number of carbonyl (C=O) groups is 1. The van der Waals surface area contributed by atoms with Crippen molar-refractivity contribution in [3.8, 4) is 0 Å². The largest absolute Gasteiger partial charge is 0.374 e. The zero-order valence-corrected chi connectivity index (χ0v) is 17.4. The maximum absolute atomic E-state index is 12.4. The number of nitrogens with zero attached hydrogens (tertiary/aromatic N) is 1. The normalized spacial score (nSPS) is 21.1. The molecule has 1 fully saturated rings. The Morgan fingerprint density at radius 3 is 2.52 bits per heavy atom. The molecule has 1 aromatic rings. The van der Waals surface area contributed by atoms with E-state index in [2.05, 4.69) is 10.0 Å². The predicted molar refractivity (Wildman–Crippen MR) is 105 cm³/mol. The van der Waals surface area contributed by atoms with E-state index < -0.39 is 10.0 Å². The number of hydrogen-bond donors (Lipinski definition) is 2. The Hall–Kier alpha value is -1.64. The highest BCUT2D eigenvalue weighted by Crippen LogP contribution is 2.13. The third-order valence-corrected chi connectivity index (χ3v) is 5.83. The molecule has 0 aromatic heterocycles. The van der Waals surface area contributed by atoms with Crippen LogP contribution in [0.25, 0.3) is 0 Å². The highest BCUT2D eigenvalue weighted by Gasteiger charge is 2.22. The van der Waals surface area contributed by atoms with Crippen LogP contribution in [0.2, 0.25) is 0 Å². The van der Waals surface area contributed by atoms with Crippen LogP contribution in [0.4, 0.5) is 4.79 Å². The molecule has 0 aliphatic carbocycles. The van der Waals surface area contributed by atoms with Gasteiger partial charge in [0.05, 0.1) is 17.1 Å². The molecule has 1 aromatic carbocycles. The molecule has 0 radical (unpaired) electrons. The highest BCUT2D eigenvalue weighted by molar-refractivity contribution is 7.89. The van der Waals surface area contributed by atoms with Gasteiger partial charge in [-0.25, -0.2) is 17.9 Å². The molecule has 0 saturated carbocycles. The fourth-order valence-corrected chi connectivity index (χ4v) is 4.08. The SMILES string of the molecule is CC(C)CNS(=O)(=O)c1ccc(CNC(=O)N2CC[C@@H](C)O[C@@H](C)C2)cc1. The lowest BCUT2D eigenvalue weighted by molar-refractivity contribution is 0.0160. The van der Waals surface area contributed by atoms with E-state index >= 15 is 0 Å². The van der Waals surface area contributed by atoms with Crippen molar-refractivity contribution >= 4 is 16.1 Å². The van der Waals surface area contributed by atoms with Gasteiger partial charge in [-0.3, -0.25) is 0 Å². The number of nitrogens with one attached hydrogen (secondary N) is 2. The van der Waals surface area contributed by atoms with Gasteiger partial charge in [0, 0.05) is 26.2 Å². The number of urea groups is 1. The van der Waals surface area contributed by atoms with Gasteiger partial charge in [0.25, 0.3) is 0 Å².